The maximum atomic E-state index is 4.78. The summed E-state index contributed by atoms with van der Waals surface area (Å²) in [4.78, 5) is 11.8. The summed E-state index contributed by atoms with van der Waals surface area (Å²) in [5.41, 5.74) is 2.34. The molecule has 0 amide bonds. The maximum absolute atomic E-state index is 4.78. The third-order valence-corrected chi connectivity index (χ3v) is 4.41. The highest BCUT2D eigenvalue weighted by Crippen LogP contribution is 2.30. The van der Waals surface area contributed by atoms with Crippen molar-refractivity contribution < 1.29 is 0 Å². The third kappa shape index (κ3) is 3.11. The van der Waals surface area contributed by atoms with Crippen LogP contribution in [0.3, 0.4) is 0 Å². The summed E-state index contributed by atoms with van der Waals surface area (Å²) in [5.74, 6) is 2.05. The highest BCUT2D eigenvalue weighted by molar-refractivity contribution is 5.50. The first kappa shape index (κ1) is 15.2. The molecule has 0 radical (unpaired) electrons. The van der Waals surface area contributed by atoms with Crippen molar-refractivity contribution in [3.05, 3.63) is 17.7 Å². The van der Waals surface area contributed by atoms with Crippen molar-refractivity contribution in [2.24, 2.45) is 5.92 Å². The van der Waals surface area contributed by atoms with Gasteiger partial charge in [-0.1, -0.05) is 20.8 Å². The Labute approximate surface area is 123 Å². The summed E-state index contributed by atoms with van der Waals surface area (Å²) in [6.07, 6.45) is 4.62. The van der Waals surface area contributed by atoms with Crippen molar-refractivity contribution in [1.82, 2.24) is 15.3 Å². The van der Waals surface area contributed by atoms with Crippen molar-refractivity contribution in [2.75, 3.05) is 18.5 Å². The summed E-state index contributed by atoms with van der Waals surface area (Å²) in [6, 6.07) is 0.563. The second-order valence-electron chi connectivity index (χ2n) is 6.30. The summed E-state index contributed by atoms with van der Waals surface area (Å²) in [7, 11) is 1.98. The number of hydrogen-bond donors (Lipinski definition) is 1. The van der Waals surface area contributed by atoms with Gasteiger partial charge in [0.1, 0.15) is 5.82 Å². The number of piperidine rings is 1. The summed E-state index contributed by atoms with van der Waals surface area (Å²) >= 11 is 0. The van der Waals surface area contributed by atoms with E-state index in [-0.39, 0.29) is 0 Å². The number of anilines is 1. The fourth-order valence-electron chi connectivity index (χ4n) is 2.92. The summed E-state index contributed by atoms with van der Waals surface area (Å²) < 4.78 is 0. The van der Waals surface area contributed by atoms with Gasteiger partial charge in [-0.05, 0) is 32.7 Å². The minimum atomic E-state index is 0.373. The van der Waals surface area contributed by atoms with E-state index >= 15 is 0 Å². The number of nitrogens with zero attached hydrogens (tertiary/aromatic N) is 3. The van der Waals surface area contributed by atoms with Gasteiger partial charge in [0.15, 0.2) is 0 Å². The van der Waals surface area contributed by atoms with Gasteiger partial charge in [0.2, 0.25) is 0 Å². The molecular formula is C16H28N4. The second kappa shape index (κ2) is 6.53. The lowest BCUT2D eigenvalue weighted by molar-refractivity contribution is 0.362. The van der Waals surface area contributed by atoms with E-state index in [4.69, 9.17) is 4.98 Å². The Bertz CT molecular complexity index is 444. The Morgan fingerprint density at radius 2 is 2.15 bits per heavy atom. The molecule has 0 saturated carbocycles. The van der Waals surface area contributed by atoms with Gasteiger partial charge in [0.05, 0.1) is 17.6 Å². The molecule has 112 valence electrons. The molecular weight excluding hydrogens is 248 g/mol. The van der Waals surface area contributed by atoms with Crippen LogP contribution in [-0.4, -0.2) is 29.6 Å². The predicted molar refractivity (Wildman–Crippen MR) is 84.1 cm³/mol. The minimum absolute atomic E-state index is 0.373. The van der Waals surface area contributed by atoms with Gasteiger partial charge in [0, 0.05) is 25.0 Å². The fourth-order valence-corrected chi connectivity index (χ4v) is 2.92. The molecule has 1 aliphatic heterocycles. The zero-order chi connectivity index (χ0) is 14.7. The van der Waals surface area contributed by atoms with Gasteiger partial charge in [-0.25, -0.2) is 9.97 Å². The lowest BCUT2D eigenvalue weighted by Crippen LogP contribution is -2.43. The van der Waals surface area contributed by atoms with E-state index in [1.54, 1.807) is 0 Å². The number of rotatable bonds is 4. The highest BCUT2D eigenvalue weighted by Gasteiger charge is 2.27. The molecule has 2 heterocycles. The lowest BCUT2D eigenvalue weighted by Gasteiger charge is -2.40. The van der Waals surface area contributed by atoms with Gasteiger partial charge >= 0.3 is 0 Å². The van der Waals surface area contributed by atoms with Gasteiger partial charge < -0.3 is 10.2 Å². The van der Waals surface area contributed by atoms with E-state index in [2.05, 4.69) is 42.9 Å². The Kier molecular flexibility index (Phi) is 4.97. The normalized spacial score (nSPS) is 23.4. The van der Waals surface area contributed by atoms with E-state index in [1.165, 1.54) is 18.5 Å². The van der Waals surface area contributed by atoms with Gasteiger partial charge in [0.25, 0.3) is 0 Å². The zero-order valence-electron chi connectivity index (χ0n) is 13.5. The first-order chi connectivity index (χ1) is 9.54. The Morgan fingerprint density at radius 3 is 2.80 bits per heavy atom. The van der Waals surface area contributed by atoms with E-state index in [1.807, 2.05) is 13.2 Å². The Morgan fingerprint density at radius 1 is 1.40 bits per heavy atom. The predicted octanol–water partition coefficient (Wildman–Crippen LogP) is 2.94. The highest BCUT2D eigenvalue weighted by atomic mass is 15.2. The quantitative estimate of drug-likeness (QED) is 0.918. The van der Waals surface area contributed by atoms with Crippen LogP contribution >= 0.6 is 0 Å². The molecule has 4 nitrogen and oxygen atoms in total. The molecule has 0 spiro atoms. The van der Waals surface area contributed by atoms with Crippen molar-refractivity contribution >= 4 is 5.69 Å². The molecule has 1 fully saturated rings. The van der Waals surface area contributed by atoms with Crippen LogP contribution in [0, 0.1) is 5.92 Å². The molecule has 0 bridgehead atoms. The number of hydrogen-bond acceptors (Lipinski definition) is 4. The first-order valence-electron chi connectivity index (χ1n) is 7.81. The average molecular weight is 276 g/mol. The van der Waals surface area contributed by atoms with Crippen molar-refractivity contribution in [2.45, 2.75) is 59.0 Å². The van der Waals surface area contributed by atoms with Crippen LogP contribution in [0.5, 0.6) is 0 Å². The molecule has 1 saturated heterocycles. The molecule has 1 aromatic rings. The largest absolute Gasteiger partial charge is 0.366 e. The molecule has 1 N–H and O–H groups in total. The molecule has 2 atom stereocenters. The SMILES string of the molecule is CNCc1nc(C(C)C)ncc1N1CCCC(C)C1C. The minimum Gasteiger partial charge on any atom is -0.366 e. The fraction of sp³-hybridized carbons (Fsp3) is 0.750. The molecule has 20 heavy (non-hydrogen) atoms. The zero-order valence-corrected chi connectivity index (χ0v) is 13.5. The van der Waals surface area contributed by atoms with E-state index in [0.29, 0.717) is 12.0 Å². The van der Waals surface area contributed by atoms with Crippen LogP contribution in [0.2, 0.25) is 0 Å². The number of aromatic nitrogens is 2. The van der Waals surface area contributed by atoms with E-state index in [0.717, 1.165) is 30.5 Å². The van der Waals surface area contributed by atoms with Crippen molar-refractivity contribution in [1.29, 1.82) is 0 Å². The smallest absolute Gasteiger partial charge is 0.131 e. The van der Waals surface area contributed by atoms with Crippen LogP contribution in [0.25, 0.3) is 0 Å². The molecule has 0 aliphatic carbocycles. The monoisotopic (exact) mass is 276 g/mol. The number of nitrogens with one attached hydrogen (secondary N) is 1. The van der Waals surface area contributed by atoms with Gasteiger partial charge in [-0.3, -0.25) is 0 Å². The molecule has 2 rings (SSSR count). The topological polar surface area (TPSA) is 41.1 Å². The third-order valence-electron chi connectivity index (χ3n) is 4.41. The Hall–Kier alpha value is -1.16. The van der Waals surface area contributed by atoms with Crippen LogP contribution < -0.4 is 10.2 Å². The van der Waals surface area contributed by atoms with Crippen LogP contribution in [-0.2, 0) is 6.54 Å². The molecule has 0 aromatic carbocycles. The average Bonchev–Trinajstić information content (AvgIpc) is 2.42. The van der Waals surface area contributed by atoms with Crippen LogP contribution in [0.15, 0.2) is 6.20 Å². The second-order valence-corrected chi connectivity index (χ2v) is 6.30. The van der Waals surface area contributed by atoms with E-state index in [9.17, 15) is 0 Å². The van der Waals surface area contributed by atoms with Gasteiger partial charge in [-0.15, -0.1) is 0 Å². The van der Waals surface area contributed by atoms with Crippen LogP contribution in [0.1, 0.15) is 58.0 Å². The maximum Gasteiger partial charge on any atom is 0.131 e. The van der Waals surface area contributed by atoms with E-state index < -0.39 is 0 Å². The summed E-state index contributed by atoms with van der Waals surface area (Å²) in [6.45, 7) is 10.9. The van der Waals surface area contributed by atoms with Crippen molar-refractivity contribution in [3.8, 4) is 0 Å². The molecule has 1 aromatic heterocycles. The first-order valence-corrected chi connectivity index (χ1v) is 7.81. The lowest BCUT2D eigenvalue weighted by atomic mass is 9.91. The van der Waals surface area contributed by atoms with Crippen molar-refractivity contribution in [3.63, 3.8) is 0 Å². The standard InChI is InChI=1S/C16H28N4/c1-11(2)16-18-10-15(14(19-16)9-17-5)20-8-6-7-12(3)13(20)4/h10-13,17H,6-9H2,1-5H3. The van der Waals surface area contributed by atoms with Crippen LogP contribution in [0.4, 0.5) is 5.69 Å². The molecule has 4 heteroatoms. The Balaban J connectivity index is 2.34. The molecule has 1 aliphatic rings. The molecule has 2 unspecified atom stereocenters. The summed E-state index contributed by atoms with van der Waals surface area (Å²) in [5, 5.41) is 3.24. The van der Waals surface area contributed by atoms with Gasteiger partial charge in [-0.2, -0.15) is 0 Å².